The van der Waals surface area contributed by atoms with Crippen molar-refractivity contribution in [1.29, 1.82) is 0 Å². The van der Waals surface area contributed by atoms with Gasteiger partial charge >= 0.3 is 6.18 Å². The van der Waals surface area contributed by atoms with Crippen molar-refractivity contribution in [1.82, 2.24) is 15.0 Å². The van der Waals surface area contributed by atoms with E-state index in [0.717, 1.165) is 4.57 Å². The lowest BCUT2D eigenvalue weighted by Gasteiger charge is -2.10. The molecule has 0 radical (unpaired) electrons. The van der Waals surface area contributed by atoms with Gasteiger partial charge in [-0.25, -0.2) is 10.4 Å². The predicted molar refractivity (Wildman–Crippen MR) is 99.7 cm³/mol. The van der Waals surface area contributed by atoms with E-state index in [1.165, 1.54) is 18.3 Å². The summed E-state index contributed by atoms with van der Waals surface area (Å²) in [5.74, 6) is -1.86. The number of aromatic hydroxyl groups is 1. The van der Waals surface area contributed by atoms with Crippen LogP contribution in [-0.4, -0.2) is 33.4 Å². The standard InChI is InChI=1S/C19H17F3N4O3/c1-2-29-15-9-5-6-12(17(15)28)10-23-25-16(27)11-26-14-8-4-3-7-13(14)24-18(26)19(20,21)22/h3-10,28H,2,11H2,1H3,(H,25,27). The largest absolute Gasteiger partial charge is 0.504 e. The third-order valence-corrected chi connectivity index (χ3v) is 3.93. The fraction of sp³-hybridized carbons (Fsp3) is 0.211. The first-order valence-corrected chi connectivity index (χ1v) is 8.60. The second-order valence-electron chi connectivity index (χ2n) is 5.93. The summed E-state index contributed by atoms with van der Waals surface area (Å²) in [7, 11) is 0. The molecule has 1 amide bonds. The van der Waals surface area contributed by atoms with E-state index in [1.807, 2.05) is 0 Å². The lowest BCUT2D eigenvalue weighted by Crippen LogP contribution is -2.26. The van der Waals surface area contributed by atoms with Crippen LogP contribution in [0.25, 0.3) is 11.0 Å². The Labute approximate surface area is 163 Å². The Hall–Kier alpha value is -3.56. The summed E-state index contributed by atoms with van der Waals surface area (Å²) in [5.41, 5.74) is 2.75. The minimum absolute atomic E-state index is 0.133. The zero-order valence-corrected chi connectivity index (χ0v) is 15.3. The second-order valence-corrected chi connectivity index (χ2v) is 5.93. The quantitative estimate of drug-likeness (QED) is 0.486. The van der Waals surface area contributed by atoms with Crippen molar-refractivity contribution in [3.05, 3.63) is 53.9 Å². The molecule has 0 aliphatic rings. The van der Waals surface area contributed by atoms with E-state index >= 15 is 0 Å². The zero-order valence-electron chi connectivity index (χ0n) is 15.3. The average molecular weight is 406 g/mol. The number of amides is 1. The molecular weight excluding hydrogens is 389 g/mol. The Morgan fingerprint density at radius 2 is 2.03 bits per heavy atom. The number of carbonyl (C=O) groups excluding carboxylic acids is 1. The Balaban J connectivity index is 1.77. The van der Waals surface area contributed by atoms with Crippen molar-refractivity contribution in [2.45, 2.75) is 19.6 Å². The van der Waals surface area contributed by atoms with Gasteiger partial charge in [0.25, 0.3) is 5.91 Å². The van der Waals surface area contributed by atoms with Crippen molar-refractivity contribution < 1.29 is 27.8 Å². The third kappa shape index (κ3) is 4.48. The van der Waals surface area contributed by atoms with Crippen LogP contribution in [0.3, 0.4) is 0 Å². The number of halogens is 3. The molecule has 0 spiro atoms. The van der Waals surface area contributed by atoms with Gasteiger partial charge in [0.1, 0.15) is 6.54 Å². The molecule has 0 saturated carbocycles. The molecule has 1 heterocycles. The van der Waals surface area contributed by atoms with E-state index < -0.39 is 24.5 Å². The van der Waals surface area contributed by atoms with Gasteiger partial charge in [-0.1, -0.05) is 18.2 Å². The number of phenols is 1. The van der Waals surface area contributed by atoms with Gasteiger partial charge < -0.3 is 14.4 Å². The van der Waals surface area contributed by atoms with Crippen LogP contribution in [0.1, 0.15) is 18.3 Å². The van der Waals surface area contributed by atoms with Gasteiger partial charge in [-0.15, -0.1) is 0 Å². The molecule has 29 heavy (non-hydrogen) atoms. The number of benzene rings is 2. The Kier molecular flexibility index (Phi) is 5.71. The van der Waals surface area contributed by atoms with Gasteiger partial charge in [-0.2, -0.15) is 18.3 Å². The van der Waals surface area contributed by atoms with E-state index in [9.17, 15) is 23.1 Å². The molecule has 0 aliphatic carbocycles. The number of imidazole rings is 1. The van der Waals surface area contributed by atoms with Crippen LogP contribution >= 0.6 is 0 Å². The van der Waals surface area contributed by atoms with E-state index in [2.05, 4.69) is 15.5 Å². The summed E-state index contributed by atoms with van der Waals surface area (Å²) in [6.07, 6.45) is -3.54. The summed E-state index contributed by atoms with van der Waals surface area (Å²) in [5, 5.41) is 13.8. The monoisotopic (exact) mass is 406 g/mol. The van der Waals surface area contributed by atoms with Crippen molar-refractivity contribution in [3.8, 4) is 11.5 Å². The minimum atomic E-state index is -4.71. The minimum Gasteiger partial charge on any atom is -0.504 e. The van der Waals surface area contributed by atoms with Crippen molar-refractivity contribution in [3.63, 3.8) is 0 Å². The summed E-state index contributed by atoms with van der Waals surface area (Å²) in [6, 6.07) is 10.7. The van der Waals surface area contributed by atoms with E-state index in [1.54, 1.807) is 37.3 Å². The van der Waals surface area contributed by atoms with Gasteiger partial charge in [0.2, 0.25) is 5.82 Å². The number of alkyl halides is 3. The number of nitrogens with zero attached hydrogens (tertiary/aromatic N) is 3. The fourth-order valence-electron chi connectivity index (χ4n) is 2.72. The van der Waals surface area contributed by atoms with Crippen molar-refractivity contribution in [2.24, 2.45) is 5.10 Å². The number of aromatic nitrogens is 2. The topological polar surface area (TPSA) is 88.7 Å². The number of hydrogen-bond acceptors (Lipinski definition) is 5. The summed E-state index contributed by atoms with van der Waals surface area (Å²) in [6.45, 7) is 1.48. The molecule has 2 N–H and O–H groups in total. The number of nitrogens with one attached hydrogen (secondary N) is 1. The molecule has 3 rings (SSSR count). The number of carbonyl (C=O) groups is 1. The number of rotatable bonds is 6. The van der Waals surface area contributed by atoms with Crippen LogP contribution in [0.15, 0.2) is 47.6 Å². The SMILES string of the molecule is CCOc1cccc(C=NNC(=O)Cn2c(C(F)(F)F)nc3ccccc32)c1O. The summed E-state index contributed by atoms with van der Waals surface area (Å²) < 4.78 is 45.8. The first kappa shape index (κ1) is 20.2. The number of hydrazone groups is 1. The molecule has 0 saturated heterocycles. The average Bonchev–Trinajstić information content (AvgIpc) is 3.04. The fourth-order valence-corrected chi connectivity index (χ4v) is 2.72. The van der Waals surface area contributed by atoms with E-state index in [0.29, 0.717) is 6.61 Å². The highest BCUT2D eigenvalue weighted by Gasteiger charge is 2.37. The maximum atomic E-state index is 13.3. The van der Waals surface area contributed by atoms with Crippen LogP contribution in [0.2, 0.25) is 0 Å². The van der Waals surface area contributed by atoms with Crippen LogP contribution in [0.4, 0.5) is 13.2 Å². The zero-order chi connectivity index (χ0) is 21.0. The number of fused-ring (bicyclic) bond motifs is 1. The highest BCUT2D eigenvalue weighted by molar-refractivity contribution is 5.86. The number of hydrogen-bond donors (Lipinski definition) is 2. The molecule has 0 unspecified atom stereocenters. The van der Waals surface area contributed by atoms with E-state index in [-0.39, 0.29) is 28.1 Å². The van der Waals surface area contributed by atoms with Crippen molar-refractivity contribution in [2.75, 3.05) is 6.61 Å². The summed E-state index contributed by atoms with van der Waals surface area (Å²) in [4.78, 5) is 15.7. The Bertz CT molecular complexity index is 1060. The Morgan fingerprint density at radius 3 is 2.76 bits per heavy atom. The molecule has 10 heteroatoms. The number of ether oxygens (including phenoxy) is 1. The molecule has 0 atom stereocenters. The molecule has 3 aromatic rings. The normalized spacial score (nSPS) is 11.9. The maximum absolute atomic E-state index is 13.3. The predicted octanol–water partition coefficient (Wildman–Crippen LogP) is 3.31. The lowest BCUT2D eigenvalue weighted by atomic mass is 10.2. The van der Waals surface area contributed by atoms with Gasteiger partial charge in [0.05, 0.1) is 23.9 Å². The first-order valence-electron chi connectivity index (χ1n) is 8.60. The number of phenolic OH excluding ortho intramolecular Hbond substituents is 1. The molecule has 152 valence electrons. The maximum Gasteiger partial charge on any atom is 0.449 e. The third-order valence-electron chi connectivity index (χ3n) is 3.93. The Morgan fingerprint density at radius 1 is 1.28 bits per heavy atom. The highest BCUT2D eigenvalue weighted by Crippen LogP contribution is 2.31. The first-order chi connectivity index (χ1) is 13.8. The molecule has 2 aromatic carbocycles. The van der Waals surface area contributed by atoms with Crippen LogP contribution in [0, 0.1) is 0 Å². The second kappa shape index (κ2) is 8.21. The van der Waals surface area contributed by atoms with Crippen LogP contribution in [-0.2, 0) is 17.5 Å². The van der Waals surface area contributed by atoms with Crippen LogP contribution < -0.4 is 10.2 Å². The summed E-state index contributed by atoms with van der Waals surface area (Å²) >= 11 is 0. The smallest absolute Gasteiger partial charge is 0.449 e. The molecule has 7 nitrogen and oxygen atoms in total. The molecule has 0 bridgehead atoms. The van der Waals surface area contributed by atoms with Crippen LogP contribution in [0.5, 0.6) is 11.5 Å². The lowest BCUT2D eigenvalue weighted by molar-refractivity contribution is -0.147. The molecular formula is C19H17F3N4O3. The molecule has 0 fully saturated rings. The van der Waals surface area contributed by atoms with Gasteiger partial charge in [0, 0.05) is 5.56 Å². The van der Waals surface area contributed by atoms with E-state index in [4.69, 9.17) is 4.74 Å². The molecule has 1 aromatic heterocycles. The number of para-hydroxylation sites is 3. The molecule has 0 aliphatic heterocycles. The highest BCUT2D eigenvalue weighted by atomic mass is 19.4. The van der Waals surface area contributed by atoms with Gasteiger partial charge in [-0.3, -0.25) is 4.79 Å². The van der Waals surface area contributed by atoms with Crippen molar-refractivity contribution >= 4 is 23.2 Å². The van der Waals surface area contributed by atoms with Gasteiger partial charge in [-0.05, 0) is 31.2 Å². The van der Waals surface area contributed by atoms with Gasteiger partial charge in [0.15, 0.2) is 11.5 Å².